The molecule has 24 heavy (non-hydrogen) atoms. The smallest absolute Gasteiger partial charge is 0.275 e. The van der Waals surface area contributed by atoms with E-state index in [0.29, 0.717) is 21.9 Å². The lowest BCUT2D eigenvalue weighted by Crippen LogP contribution is -2.15. The van der Waals surface area contributed by atoms with Crippen LogP contribution in [0, 0.1) is 6.92 Å². The van der Waals surface area contributed by atoms with E-state index in [1.165, 1.54) is 11.8 Å². The lowest BCUT2D eigenvalue weighted by molar-refractivity contribution is -0.113. The van der Waals surface area contributed by atoms with Crippen LogP contribution in [0.2, 0.25) is 0 Å². The van der Waals surface area contributed by atoms with Crippen molar-refractivity contribution < 1.29 is 9.53 Å². The number of anilines is 1. The Bertz CT molecular complexity index is 931. The van der Waals surface area contributed by atoms with E-state index >= 15 is 0 Å². The molecule has 0 atom stereocenters. The molecule has 2 aromatic heterocycles. The Kier molecular flexibility index (Phi) is 4.57. The average Bonchev–Trinajstić information content (AvgIpc) is 2.95. The molecule has 3 aromatic rings. The highest BCUT2D eigenvalue weighted by atomic mass is 32.2. The minimum absolute atomic E-state index is 0.143. The van der Waals surface area contributed by atoms with E-state index in [1.54, 1.807) is 37.4 Å². The molecule has 7 nitrogen and oxygen atoms in total. The molecule has 0 aliphatic heterocycles. The second kappa shape index (κ2) is 6.79. The molecule has 0 aliphatic carbocycles. The van der Waals surface area contributed by atoms with E-state index in [0.717, 1.165) is 11.4 Å². The molecule has 0 saturated carbocycles. The van der Waals surface area contributed by atoms with Crippen LogP contribution < -0.4 is 15.6 Å². The fourth-order valence-electron chi connectivity index (χ4n) is 2.21. The Hall–Kier alpha value is -2.74. The maximum Gasteiger partial charge on any atom is 0.275 e. The molecule has 1 amide bonds. The minimum atomic E-state index is -0.244. The Morgan fingerprint density at radius 2 is 2.04 bits per heavy atom. The summed E-state index contributed by atoms with van der Waals surface area (Å²) in [5.74, 6) is 0.682. The zero-order chi connectivity index (χ0) is 17.1. The number of hydrogen-bond acceptors (Lipinski definition) is 5. The summed E-state index contributed by atoms with van der Waals surface area (Å²) in [6.45, 7) is 1.86. The fraction of sp³-hybridized carbons (Fsp3) is 0.188. The highest BCUT2D eigenvalue weighted by Crippen LogP contribution is 2.18. The van der Waals surface area contributed by atoms with Crippen LogP contribution in [0.25, 0.3) is 11.0 Å². The van der Waals surface area contributed by atoms with Crippen LogP contribution in [0.3, 0.4) is 0 Å². The first-order chi connectivity index (χ1) is 11.5. The summed E-state index contributed by atoms with van der Waals surface area (Å²) >= 11 is 1.18. The van der Waals surface area contributed by atoms with Crippen molar-refractivity contribution in [3.05, 3.63) is 46.4 Å². The Balaban J connectivity index is 1.64. The van der Waals surface area contributed by atoms with Crippen molar-refractivity contribution >= 4 is 34.4 Å². The van der Waals surface area contributed by atoms with Crippen LogP contribution in [0.15, 0.2) is 40.3 Å². The van der Waals surface area contributed by atoms with Gasteiger partial charge in [-0.05, 0) is 37.3 Å². The molecule has 3 rings (SSSR count). The number of hydrogen-bond donors (Lipinski definition) is 3. The number of H-pyrrole nitrogens is 2. The number of methoxy groups -OCH3 is 1. The van der Waals surface area contributed by atoms with Gasteiger partial charge in [0.2, 0.25) is 5.91 Å². The van der Waals surface area contributed by atoms with Crippen molar-refractivity contribution in [2.24, 2.45) is 0 Å². The van der Waals surface area contributed by atoms with Crippen molar-refractivity contribution in [3.63, 3.8) is 0 Å². The first kappa shape index (κ1) is 16.1. The molecule has 3 N–H and O–H groups in total. The van der Waals surface area contributed by atoms with Gasteiger partial charge in [0.25, 0.3) is 5.56 Å². The minimum Gasteiger partial charge on any atom is -0.497 e. The highest BCUT2D eigenvalue weighted by molar-refractivity contribution is 7.99. The van der Waals surface area contributed by atoms with Crippen LogP contribution >= 0.6 is 11.8 Å². The van der Waals surface area contributed by atoms with Gasteiger partial charge in [0.05, 0.1) is 18.4 Å². The topological polar surface area (TPSA) is 99.9 Å². The largest absolute Gasteiger partial charge is 0.497 e. The van der Waals surface area contributed by atoms with Crippen LogP contribution in [-0.4, -0.2) is 33.7 Å². The molecular weight excluding hydrogens is 328 g/mol. The summed E-state index contributed by atoms with van der Waals surface area (Å²) in [5.41, 5.74) is 2.34. The summed E-state index contributed by atoms with van der Waals surface area (Å²) in [4.78, 5) is 33.9. The molecule has 8 heteroatoms. The fourth-order valence-corrected chi connectivity index (χ4v) is 2.87. The van der Waals surface area contributed by atoms with Crippen LogP contribution in [0.1, 0.15) is 5.69 Å². The van der Waals surface area contributed by atoms with Gasteiger partial charge < -0.3 is 15.0 Å². The summed E-state index contributed by atoms with van der Waals surface area (Å²) < 4.78 is 5.07. The quantitative estimate of drug-likeness (QED) is 0.487. The number of aromatic nitrogens is 3. The van der Waals surface area contributed by atoms with Crippen molar-refractivity contribution in [1.29, 1.82) is 0 Å². The molecule has 0 unspecified atom stereocenters. The van der Waals surface area contributed by atoms with Gasteiger partial charge in [-0.2, -0.15) is 0 Å². The van der Waals surface area contributed by atoms with Crippen molar-refractivity contribution in [3.8, 4) is 5.75 Å². The maximum absolute atomic E-state index is 12.0. The number of nitrogens with zero attached hydrogens (tertiary/aromatic N) is 1. The third kappa shape index (κ3) is 3.60. The Labute approximate surface area is 141 Å². The Morgan fingerprint density at radius 1 is 1.29 bits per heavy atom. The summed E-state index contributed by atoms with van der Waals surface area (Å²) in [6.07, 6.45) is 0. The van der Waals surface area contributed by atoms with E-state index in [-0.39, 0.29) is 17.2 Å². The number of benzene rings is 1. The van der Waals surface area contributed by atoms with Crippen molar-refractivity contribution in [2.45, 2.75) is 12.1 Å². The van der Waals surface area contributed by atoms with Gasteiger partial charge in [0, 0.05) is 11.4 Å². The third-order valence-corrected chi connectivity index (χ3v) is 4.19. The third-order valence-electron chi connectivity index (χ3n) is 3.31. The van der Waals surface area contributed by atoms with Crippen LogP contribution in [0.5, 0.6) is 5.75 Å². The van der Waals surface area contributed by atoms with Gasteiger partial charge in [0.15, 0.2) is 5.16 Å². The molecule has 0 radical (unpaired) electrons. The predicted octanol–water partition coefficient (Wildman–Crippen LogP) is 2.30. The number of aryl methyl sites for hydroxylation is 1. The van der Waals surface area contributed by atoms with Crippen molar-refractivity contribution in [2.75, 3.05) is 18.2 Å². The molecule has 0 fully saturated rings. The molecule has 2 heterocycles. The zero-order valence-corrected chi connectivity index (χ0v) is 14.0. The summed E-state index contributed by atoms with van der Waals surface area (Å²) in [5, 5.41) is 3.19. The van der Waals surface area contributed by atoms with Crippen LogP contribution in [0.4, 0.5) is 5.69 Å². The normalized spacial score (nSPS) is 10.8. The van der Waals surface area contributed by atoms with E-state index in [4.69, 9.17) is 4.74 Å². The number of rotatable bonds is 5. The van der Waals surface area contributed by atoms with E-state index < -0.39 is 0 Å². The molecule has 124 valence electrons. The average molecular weight is 344 g/mol. The maximum atomic E-state index is 12.0. The molecule has 0 aliphatic rings. The number of aromatic amines is 2. The second-order valence-corrected chi connectivity index (χ2v) is 6.11. The lowest BCUT2D eigenvalue weighted by atomic mass is 10.3. The molecular formula is C16H16N4O3S. The van der Waals surface area contributed by atoms with Gasteiger partial charge in [-0.25, -0.2) is 4.98 Å². The van der Waals surface area contributed by atoms with Crippen LogP contribution in [-0.2, 0) is 4.79 Å². The van der Waals surface area contributed by atoms with Gasteiger partial charge in [-0.3, -0.25) is 14.6 Å². The number of carbonyl (C=O) groups excluding carboxylic acids is 1. The zero-order valence-electron chi connectivity index (χ0n) is 13.2. The van der Waals surface area contributed by atoms with Gasteiger partial charge in [-0.15, -0.1) is 0 Å². The molecule has 1 aromatic carbocycles. The first-order valence-electron chi connectivity index (χ1n) is 7.21. The molecule has 0 saturated heterocycles. The standard InChI is InChI=1S/C16H16N4O3S/c1-9-7-12-14(17-9)15(22)20-16(19-12)24-8-13(21)18-10-3-5-11(23-2)6-4-10/h3-7,17H,8H2,1-2H3,(H,18,21)(H,19,20,22). The number of nitrogens with one attached hydrogen (secondary N) is 3. The van der Waals surface area contributed by atoms with Crippen molar-refractivity contribution in [1.82, 2.24) is 15.0 Å². The molecule has 0 bridgehead atoms. The van der Waals surface area contributed by atoms with Gasteiger partial charge in [0.1, 0.15) is 11.3 Å². The van der Waals surface area contributed by atoms with E-state index in [2.05, 4.69) is 20.3 Å². The number of thioether (sulfide) groups is 1. The van der Waals surface area contributed by atoms with E-state index in [9.17, 15) is 9.59 Å². The Morgan fingerprint density at radius 3 is 2.75 bits per heavy atom. The second-order valence-electron chi connectivity index (χ2n) is 5.15. The first-order valence-corrected chi connectivity index (χ1v) is 8.20. The van der Waals surface area contributed by atoms with Gasteiger partial charge in [-0.1, -0.05) is 11.8 Å². The summed E-state index contributed by atoms with van der Waals surface area (Å²) in [7, 11) is 1.58. The lowest BCUT2D eigenvalue weighted by Gasteiger charge is -2.06. The number of carbonyl (C=O) groups is 1. The highest BCUT2D eigenvalue weighted by Gasteiger charge is 2.09. The predicted molar refractivity (Wildman–Crippen MR) is 93.8 cm³/mol. The SMILES string of the molecule is COc1ccc(NC(=O)CSc2nc3cc(C)[nH]c3c(=O)[nH]2)cc1. The number of amides is 1. The number of ether oxygens (including phenoxy) is 1. The monoisotopic (exact) mass is 344 g/mol. The van der Waals surface area contributed by atoms with E-state index in [1.807, 2.05) is 6.92 Å². The summed E-state index contributed by atoms with van der Waals surface area (Å²) in [6, 6.07) is 8.85. The van der Waals surface area contributed by atoms with Gasteiger partial charge >= 0.3 is 0 Å². The number of fused-ring (bicyclic) bond motifs is 1. The molecule has 0 spiro atoms.